The van der Waals surface area contributed by atoms with Crippen LogP contribution in [0.25, 0.3) is 0 Å². The average molecular weight is 547 g/mol. The Morgan fingerprint density at radius 3 is 1.25 bits per heavy atom. The number of hydrogen-bond acceptors (Lipinski definition) is 3. The van der Waals surface area contributed by atoms with Gasteiger partial charge in [-0.05, 0) is 101 Å². The molecule has 3 N–H and O–H groups in total. The van der Waals surface area contributed by atoms with Crippen LogP contribution in [0.1, 0.15) is 133 Å². The molecule has 0 heterocycles. The van der Waals surface area contributed by atoms with E-state index in [-0.39, 0.29) is 22.2 Å². The minimum Gasteiger partial charge on any atom is -0.508 e. The summed E-state index contributed by atoms with van der Waals surface area (Å²) >= 11 is 0. The third kappa shape index (κ3) is 8.05. The van der Waals surface area contributed by atoms with Gasteiger partial charge in [0.25, 0.3) is 0 Å². The third-order valence-electron chi connectivity index (χ3n) is 7.67. The molecule has 0 bridgehead atoms. The van der Waals surface area contributed by atoms with Crippen LogP contribution in [-0.4, -0.2) is 15.3 Å². The largest absolute Gasteiger partial charge is 0.508 e. The molecule has 0 aliphatic heterocycles. The molecular formula is C37H54O3. The van der Waals surface area contributed by atoms with Gasteiger partial charge in [-0.1, -0.05) is 105 Å². The molecule has 0 spiro atoms. The molecule has 3 heteroatoms. The van der Waals surface area contributed by atoms with Crippen molar-refractivity contribution >= 4 is 0 Å². The van der Waals surface area contributed by atoms with Crippen LogP contribution in [0.3, 0.4) is 0 Å². The minimum absolute atomic E-state index is 0.0239. The first-order valence-electron chi connectivity index (χ1n) is 14.7. The SMILES string of the molecule is CCCC(c1cc(C(C)(C)C)c(O)cc1C)c1cc(C(C)(C)C)c(O)cc1C.Cc1ccc(O)c(C(C)(C)C)c1. The first-order chi connectivity index (χ1) is 18.2. The van der Waals surface area contributed by atoms with Crippen molar-refractivity contribution in [1.82, 2.24) is 0 Å². The van der Waals surface area contributed by atoms with E-state index >= 15 is 0 Å². The van der Waals surface area contributed by atoms with Gasteiger partial charge in [0.2, 0.25) is 0 Å². The summed E-state index contributed by atoms with van der Waals surface area (Å²) in [6.07, 6.45) is 2.10. The van der Waals surface area contributed by atoms with Crippen LogP contribution >= 0.6 is 0 Å². The van der Waals surface area contributed by atoms with Gasteiger partial charge >= 0.3 is 0 Å². The fraction of sp³-hybridized carbons (Fsp3) is 0.514. The summed E-state index contributed by atoms with van der Waals surface area (Å²) in [5, 5.41) is 30.7. The highest BCUT2D eigenvalue weighted by Crippen LogP contribution is 2.42. The molecule has 3 nitrogen and oxygen atoms in total. The molecule has 0 aliphatic rings. The predicted octanol–water partition coefficient (Wildman–Crippen LogP) is 10.2. The molecule has 220 valence electrons. The van der Waals surface area contributed by atoms with Gasteiger partial charge in [0.15, 0.2) is 0 Å². The monoisotopic (exact) mass is 546 g/mol. The van der Waals surface area contributed by atoms with E-state index in [2.05, 4.69) is 95.2 Å². The van der Waals surface area contributed by atoms with E-state index < -0.39 is 0 Å². The lowest BCUT2D eigenvalue weighted by Crippen LogP contribution is -2.16. The zero-order chi connectivity index (χ0) is 30.8. The fourth-order valence-corrected chi connectivity index (χ4v) is 5.39. The van der Waals surface area contributed by atoms with Gasteiger partial charge in [-0.3, -0.25) is 0 Å². The van der Waals surface area contributed by atoms with E-state index in [0.717, 1.165) is 40.7 Å². The summed E-state index contributed by atoms with van der Waals surface area (Å²) in [5.74, 6) is 1.39. The summed E-state index contributed by atoms with van der Waals surface area (Å²) in [5.41, 5.74) is 8.76. The van der Waals surface area contributed by atoms with Crippen molar-refractivity contribution in [1.29, 1.82) is 0 Å². The number of benzene rings is 3. The van der Waals surface area contributed by atoms with Gasteiger partial charge in [-0.15, -0.1) is 0 Å². The van der Waals surface area contributed by atoms with Gasteiger partial charge in [0.1, 0.15) is 17.2 Å². The maximum Gasteiger partial charge on any atom is 0.119 e. The standard InChI is InChI=1S/C26H38O2.C11H16O/c1-10-11-18(19-14-21(25(4,5)6)23(27)12-16(19)2)20-15-22(26(7,8)9)24(28)13-17(20)3;1-8-5-6-10(12)9(7-8)11(2,3)4/h12-15,18,27-28H,10-11H2,1-9H3;5-7,12H,1-4H3. The summed E-state index contributed by atoms with van der Waals surface area (Å²) in [4.78, 5) is 0. The summed E-state index contributed by atoms with van der Waals surface area (Å²) < 4.78 is 0. The number of hydrogen-bond donors (Lipinski definition) is 3. The average Bonchev–Trinajstić information content (AvgIpc) is 2.78. The van der Waals surface area contributed by atoms with Gasteiger partial charge in [0, 0.05) is 5.92 Å². The maximum absolute atomic E-state index is 10.5. The fourth-order valence-electron chi connectivity index (χ4n) is 5.39. The van der Waals surface area contributed by atoms with Crippen molar-refractivity contribution in [2.24, 2.45) is 0 Å². The van der Waals surface area contributed by atoms with Gasteiger partial charge in [0.05, 0.1) is 0 Å². The maximum atomic E-state index is 10.5. The van der Waals surface area contributed by atoms with Crippen LogP contribution in [0.4, 0.5) is 0 Å². The van der Waals surface area contributed by atoms with Crippen LogP contribution in [0.2, 0.25) is 0 Å². The lowest BCUT2D eigenvalue weighted by molar-refractivity contribution is 0.444. The van der Waals surface area contributed by atoms with E-state index in [4.69, 9.17) is 0 Å². The van der Waals surface area contributed by atoms with E-state index in [9.17, 15) is 15.3 Å². The number of rotatable bonds is 4. The van der Waals surface area contributed by atoms with Crippen LogP contribution in [0, 0.1) is 20.8 Å². The second-order valence-corrected chi connectivity index (χ2v) is 14.6. The number of aromatic hydroxyl groups is 3. The second kappa shape index (κ2) is 12.3. The number of aryl methyl sites for hydroxylation is 3. The highest BCUT2D eigenvalue weighted by Gasteiger charge is 2.27. The van der Waals surface area contributed by atoms with Crippen molar-refractivity contribution in [3.05, 3.63) is 87.0 Å². The third-order valence-corrected chi connectivity index (χ3v) is 7.67. The van der Waals surface area contributed by atoms with Crippen molar-refractivity contribution in [2.75, 3.05) is 0 Å². The van der Waals surface area contributed by atoms with E-state index in [1.807, 2.05) is 31.2 Å². The molecule has 0 saturated carbocycles. The Kier molecular flexibility index (Phi) is 10.2. The van der Waals surface area contributed by atoms with E-state index in [1.165, 1.54) is 16.7 Å². The summed E-state index contributed by atoms with van der Waals surface area (Å²) in [6, 6.07) is 14.0. The first kappa shape index (κ1) is 33.3. The Labute approximate surface area is 244 Å². The Hall–Kier alpha value is -2.94. The zero-order valence-corrected chi connectivity index (χ0v) is 27.4. The predicted molar refractivity (Wildman–Crippen MR) is 171 cm³/mol. The minimum atomic E-state index is -0.121. The Morgan fingerprint density at radius 1 is 0.550 bits per heavy atom. The van der Waals surface area contributed by atoms with E-state index in [1.54, 1.807) is 6.07 Å². The Morgan fingerprint density at radius 2 is 0.925 bits per heavy atom. The topological polar surface area (TPSA) is 60.7 Å². The molecule has 0 saturated heterocycles. The molecule has 0 atom stereocenters. The van der Waals surface area contributed by atoms with Crippen molar-refractivity contribution in [3.8, 4) is 17.2 Å². The van der Waals surface area contributed by atoms with Gasteiger partial charge in [-0.2, -0.15) is 0 Å². The highest BCUT2D eigenvalue weighted by molar-refractivity contribution is 5.52. The number of phenols is 3. The summed E-state index contributed by atoms with van der Waals surface area (Å²) in [7, 11) is 0. The molecule has 3 aromatic rings. The van der Waals surface area contributed by atoms with Gasteiger partial charge in [-0.25, -0.2) is 0 Å². The molecule has 0 radical (unpaired) electrons. The smallest absolute Gasteiger partial charge is 0.119 e. The van der Waals surface area contributed by atoms with Crippen LogP contribution < -0.4 is 0 Å². The molecule has 40 heavy (non-hydrogen) atoms. The molecule has 0 fully saturated rings. The molecule has 0 aliphatic carbocycles. The Bertz CT molecular complexity index is 1240. The number of phenolic OH excluding ortho intramolecular Hbond substituents is 3. The first-order valence-corrected chi connectivity index (χ1v) is 14.7. The molecule has 3 rings (SSSR count). The van der Waals surface area contributed by atoms with Crippen molar-refractivity contribution in [3.63, 3.8) is 0 Å². The lowest BCUT2D eigenvalue weighted by Gasteiger charge is -2.29. The van der Waals surface area contributed by atoms with Crippen molar-refractivity contribution in [2.45, 2.75) is 125 Å². The quantitative estimate of drug-likeness (QED) is 0.305. The van der Waals surface area contributed by atoms with Crippen LogP contribution in [0.5, 0.6) is 17.2 Å². The van der Waals surface area contributed by atoms with Crippen LogP contribution in [0.15, 0.2) is 42.5 Å². The van der Waals surface area contributed by atoms with Gasteiger partial charge < -0.3 is 15.3 Å². The highest BCUT2D eigenvalue weighted by atomic mass is 16.3. The Balaban J connectivity index is 0.000000389. The second-order valence-electron chi connectivity index (χ2n) is 14.6. The van der Waals surface area contributed by atoms with Crippen LogP contribution in [-0.2, 0) is 16.2 Å². The van der Waals surface area contributed by atoms with E-state index in [0.29, 0.717) is 17.2 Å². The molecule has 0 unspecified atom stereocenters. The zero-order valence-electron chi connectivity index (χ0n) is 27.4. The molecular weight excluding hydrogens is 492 g/mol. The summed E-state index contributed by atoms with van der Waals surface area (Å²) in [6.45, 7) is 27.6. The van der Waals surface area contributed by atoms with Crippen molar-refractivity contribution < 1.29 is 15.3 Å². The normalized spacial score (nSPS) is 12.3. The molecule has 0 aromatic heterocycles. The molecule has 3 aromatic carbocycles. The molecule has 0 amide bonds. The lowest BCUT2D eigenvalue weighted by atomic mass is 9.76.